The molecule has 2 aromatic carbocycles. The highest BCUT2D eigenvalue weighted by molar-refractivity contribution is 8.02. The Hall–Kier alpha value is -4.52. The van der Waals surface area contributed by atoms with Gasteiger partial charge in [-0.25, -0.2) is 23.5 Å². The maximum atomic E-state index is 14.8. The third-order valence-corrected chi connectivity index (χ3v) is 9.34. The van der Waals surface area contributed by atoms with Crippen molar-refractivity contribution in [1.82, 2.24) is 14.5 Å². The predicted molar refractivity (Wildman–Crippen MR) is 198 cm³/mol. The molecule has 0 radical (unpaired) electrons. The van der Waals surface area contributed by atoms with Crippen LogP contribution in [0, 0.1) is 11.7 Å². The third kappa shape index (κ3) is 9.58. The van der Waals surface area contributed by atoms with Gasteiger partial charge in [0.1, 0.15) is 11.4 Å². The van der Waals surface area contributed by atoms with E-state index in [1.54, 1.807) is 57.4 Å². The van der Waals surface area contributed by atoms with Crippen LogP contribution in [0.15, 0.2) is 83.8 Å². The SMILES string of the molecule is CN1CCC(COC(=O)c2cccc(CS/C(N)=C(/C=C(\N)c3cc(Cl)ccc3F)Nc3ccnc4c3ccn4C(=O)OC(C)(C)C)c2)CC1. The molecule has 13 heteroatoms. The van der Waals surface area contributed by atoms with Crippen molar-refractivity contribution in [2.75, 3.05) is 32.1 Å². The van der Waals surface area contributed by atoms with E-state index in [1.165, 1.54) is 40.6 Å². The first kappa shape index (κ1) is 36.8. The number of nitrogens with one attached hydrogen (secondary N) is 1. The highest BCUT2D eigenvalue weighted by Gasteiger charge is 2.22. The molecule has 1 fully saturated rings. The van der Waals surface area contributed by atoms with Crippen LogP contribution >= 0.6 is 23.4 Å². The summed E-state index contributed by atoms with van der Waals surface area (Å²) >= 11 is 7.46. The van der Waals surface area contributed by atoms with Gasteiger partial charge in [0.05, 0.1) is 28.6 Å². The number of piperidine rings is 1. The first-order valence-electron chi connectivity index (χ1n) is 16.2. The highest BCUT2D eigenvalue weighted by Crippen LogP contribution is 2.30. The predicted octanol–water partition coefficient (Wildman–Crippen LogP) is 7.58. The fourth-order valence-corrected chi connectivity index (χ4v) is 6.34. The number of carbonyl (C=O) groups excluding carboxylic acids is 2. The standard InChI is InChI=1S/C37H42ClFN6O4S/c1-37(2,3)49-36(47)45-17-13-27-31(10-14-42-34(27)45)43-32(20-30(40)28-19-26(38)8-9-29(28)39)33(41)50-22-24-6-5-7-25(18-24)35(46)48-21-23-11-15-44(4)16-12-23/h5-10,13-14,17-20,23H,11-12,15-16,21-22,40-41H2,1-4H3,(H,42,43)/b30-20-,33-32-. The van der Waals surface area contributed by atoms with Gasteiger partial charge in [-0.15, -0.1) is 11.8 Å². The van der Waals surface area contributed by atoms with Crippen molar-refractivity contribution in [2.24, 2.45) is 17.4 Å². The number of allylic oxidation sites excluding steroid dienone is 1. The fraction of sp³-hybridized carbons (Fsp3) is 0.324. The topological polar surface area (TPSA) is 138 Å². The van der Waals surface area contributed by atoms with Crippen molar-refractivity contribution >= 4 is 57.8 Å². The van der Waals surface area contributed by atoms with E-state index in [2.05, 4.69) is 22.2 Å². The number of halogens is 2. The van der Waals surface area contributed by atoms with Gasteiger partial charge in [0.2, 0.25) is 0 Å². The minimum absolute atomic E-state index is 0.0852. The van der Waals surface area contributed by atoms with Gasteiger partial charge in [0.15, 0.2) is 5.65 Å². The zero-order chi connectivity index (χ0) is 36.0. The van der Waals surface area contributed by atoms with Crippen LogP contribution in [0.2, 0.25) is 5.02 Å². The van der Waals surface area contributed by atoms with E-state index < -0.39 is 17.5 Å². The molecule has 0 amide bonds. The molecule has 2 aromatic heterocycles. The zero-order valence-electron chi connectivity index (χ0n) is 28.5. The number of benzene rings is 2. The summed E-state index contributed by atoms with van der Waals surface area (Å²) in [7, 11) is 2.10. The minimum atomic E-state index is -0.699. The van der Waals surface area contributed by atoms with Crippen molar-refractivity contribution < 1.29 is 23.5 Å². The number of rotatable bonds is 10. The number of hydrogen-bond acceptors (Lipinski definition) is 10. The molecule has 0 spiro atoms. The lowest BCUT2D eigenvalue weighted by molar-refractivity contribution is 0.0383. The van der Waals surface area contributed by atoms with Crippen LogP contribution in [-0.4, -0.2) is 58.9 Å². The second kappa shape index (κ2) is 16.0. The average Bonchev–Trinajstić information content (AvgIpc) is 3.52. The second-order valence-corrected chi connectivity index (χ2v) is 14.7. The number of pyridine rings is 1. The number of esters is 1. The zero-order valence-corrected chi connectivity index (χ0v) is 30.1. The van der Waals surface area contributed by atoms with Crippen LogP contribution in [0.4, 0.5) is 14.9 Å². The summed E-state index contributed by atoms with van der Waals surface area (Å²) in [6, 6.07) is 14.8. The summed E-state index contributed by atoms with van der Waals surface area (Å²) in [6.45, 7) is 7.76. The van der Waals surface area contributed by atoms with Crippen LogP contribution in [0.25, 0.3) is 16.7 Å². The van der Waals surface area contributed by atoms with Gasteiger partial charge >= 0.3 is 12.1 Å². The fourth-order valence-electron chi connectivity index (χ4n) is 5.40. The second-order valence-electron chi connectivity index (χ2n) is 13.2. The van der Waals surface area contributed by atoms with Crippen molar-refractivity contribution in [3.8, 4) is 0 Å². The first-order chi connectivity index (χ1) is 23.8. The quantitative estimate of drug-likeness (QED) is 0.111. The summed E-state index contributed by atoms with van der Waals surface area (Å²) in [5.74, 6) is -0.134. The Labute approximate surface area is 300 Å². The van der Waals surface area contributed by atoms with Crippen LogP contribution in [0.3, 0.4) is 0 Å². The Morgan fingerprint density at radius 1 is 1.12 bits per heavy atom. The molecular formula is C37H42ClFN6O4S. The Morgan fingerprint density at radius 3 is 2.62 bits per heavy atom. The maximum Gasteiger partial charge on any atom is 0.420 e. The van der Waals surface area contributed by atoms with Crippen LogP contribution in [-0.2, 0) is 15.2 Å². The van der Waals surface area contributed by atoms with E-state index in [0.29, 0.717) is 56.3 Å². The molecule has 1 saturated heterocycles. The summed E-state index contributed by atoms with van der Waals surface area (Å²) in [5.41, 5.74) is 15.2. The molecule has 4 aromatic rings. The molecule has 0 unspecified atom stereocenters. The normalized spacial score (nSPS) is 15.1. The number of likely N-dealkylation sites (tertiary alicyclic amines) is 1. The molecule has 50 heavy (non-hydrogen) atoms. The Balaban J connectivity index is 1.40. The Morgan fingerprint density at radius 2 is 1.88 bits per heavy atom. The van der Waals surface area contributed by atoms with E-state index in [4.69, 9.17) is 32.5 Å². The molecule has 5 N–H and O–H groups in total. The number of carbonyl (C=O) groups is 2. The monoisotopic (exact) mass is 720 g/mol. The lowest BCUT2D eigenvalue weighted by Gasteiger charge is -2.28. The van der Waals surface area contributed by atoms with Crippen molar-refractivity contribution in [3.05, 3.63) is 111 Å². The van der Waals surface area contributed by atoms with Gasteiger partial charge in [-0.2, -0.15) is 0 Å². The van der Waals surface area contributed by atoms with Gasteiger partial charge < -0.3 is 31.2 Å². The van der Waals surface area contributed by atoms with Crippen molar-refractivity contribution in [1.29, 1.82) is 0 Å². The number of hydrogen-bond donors (Lipinski definition) is 3. The molecule has 0 aliphatic carbocycles. The van der Waals surface area contributed by atoms with E-state index in [9.17, 15) is 14.0 Å². The largest absolute Gasteiger partial charge is 0.462 e. The third-order valence-electron chi connectivity index (χ3n) is 8.10. The van der Waals surface area contributed by atoms with Crippen molar-refractivity contribution in [3.63, 3.8) is 0 Å². The van der Waals surface area contributed by atoms with Gasteiger partial charge in [0, 0.05) is 39.8 Å². The lowest BCUT2D eigenvalue weighted by atomic mass is 9.98. The van der Waals surface area contributed by atoms with Gasteiger partial charge in [0.25, 0.3) is 0 Å². The molecule has 1 aliphatic heterocycles. The molecule has 0 atom stereocenters. The van der Waals surface area contributed by atoms with Gasteiger partial charge in [-0.05, 0) is 114 Å². The molecule has 0 saturated carbocycles. The number of anilines is 1. The van der Waals surface area contributed by atoms with Crippen LogP contribution in [0.5, 0.6) is 0 Å². The smallest absolute Gasteiger partial charge is 0.420 e. The molecule has 1 aliphatic rings. The maximum absolute atomic E-state index is 14.8. The van der Waals surface area contributed by atoms with E-state index >= 15 is 0 Å². The number of thioether (sulfide) groups is 1. The number of nitrogens with zero attached hydrogens (tertiary/aromatic N) is 3. The summed E-state index contributed by atoms with van der Waals surface area (Å²) in [4.78, 5) is 32.5. The Kier molecular flexibility index (Phi) is 11.8. The lowest BCUT2D eigenvalue weighted by Crippen LogP contribution is -2.32. The molecule has 3 heterocycles. The number of fused-ring (bicyclic) bond motifs is 1. The van der Waals surface area contributed by atoms with Crippen LogP contribution < -0.4 is 16.8 Å². The van der Waals surface area contributed by atoms with Gasteiger partial charge in [-0.1, -0.05) is 23.7 Å². The van der Waals surface area contributed by atoms with Crippen LogP contribution in [0.1, 0.15) is 55.1 Å². The van der Waals surface area contributed by atoms with E-state index in [0.717, 1.165) is 31.5 Å². The number of ether oxygens (including phenoxy) is 2. The first-order valence-corrected chi connectivity index (χ1v) is 17.6. The summed E-state index contributed by atoms with van der Waals surface area (Å²) in [6.07, 6.45) is 6.10. The minimum Gasteiger partial charge on any atom is -0.462 e. The number of aromatic nitrogens is 2. The molecule has 0 bridgehead atoms. The number of nitrogens with two attached hydrogens (primary N) is 2. The molecular weight excluding hydrogens is 679 g/mol. The molecule has 264 valence electrons. The average molecular weight is 721 g/mol. The van der Waals surface area contributed by atoms with E-state index in [1.807, 2.05) is 12.1 Å². The van der Waals surface area contributed by atoms with E-state index in [-0.39, 0.29) is 17.2 Å². The van der Waals surface area contributed by atoms with Gasteiger partial charge in [-0.3, -0.25) is 0 Å². The highest BCUT2D eigenvalue weighted by atomic mass is 35.5. The van der Waals surface area contributed by atoms with Crippen molar-refractivity contribution in [2.45, 2.75) is 45.0 Å². The summed E-state index contributed by atoms with van der Waals surface area (Å²) < 4.78 is 27.3. The molecule has 5 rings (SSSR count). The summed E-state index contributed by atoms with van der Waals surface area (Å²) in [5, 5.41) is 4.58. The molecule has 10 nitrogen and oxygen atoms in total. The Bertz CT molecular complexity index is 1930.